The second kappa shape index (κ2) is 19.3. The molecule has 1 saturated heterocycles. The fourth-order valence-electron chi connectivity index (χ4n) is 8.04. The molecule has 1 fully saturated rings. The molecule has 3 heterocycles. The zero-order valence-corrected chi connectivity index (χ0v) is 37.8. The number of piperidine rings is 1. The van der Waals surface area contributed by atoms with Gasteiger partial charge in [-0.05, 0) is 112 Å². The highest BCUT2D eigenvalue weighted by molar-refractivity contribution is 8.00. The lowest BCUT2D eigenvalue weighted by Gasteiger charge is -2.40. The second-order valence-electron chi connectivity index (χ2n) is 15.8. The first-order chi connectivity index (χ1) is 29.5. The minimum absolute atomic E-state index is 0.00673. The zero-order chi connectivity index (χ0) is 44.2. The summed E-state index contributed by atoms with van der Waals surface area (Å²) in [5.41, 5.74) is -1.26. The van der Waals surface area contributed by atoms with E-state index in [1.807, 2.05) is 73.6 Å². The van der Waals surface area contributed by atoms with Gasteiger partial charge < -0.3 is 9.80 Å². The number of likely N-dealkylation sites (tertiary alicyclic amines) is 1. The summed E-state index contributed by atoms with van der Waals surface area (Å²) in [5, 5.41) is 0.185. The summed E-state index contributed by atoms with van der Waals surface area (Å²) in [4.78, 5) is 15.9. The van der Waals surface area contributed by atoms with E-state index in [-0.39, 0.29) is 17.5 Å². The molecule has 0 radical (unpaired) electrons. The van der Waals surface area contributed by atoms with Crippen LogP contribution in [0.3, 0.4) is 0 Å². The van der Waals surface area contributed by atoms with E-state index in [4.69, 9.17) is 11.6 Å². The molecule has 2 aliphatic heterocycles. The number of rotatable bonds is 15. The van der Waals surface area contributed by atoms with Gasteiger partial charge in [0.1, 0.15) is 17.0 Å². The number of halogens is 4. The Hall–Kier alpha value is -4.23. The molecule has 0 saturated carbocycles. The van der Waals surface area contributed by atoms with Gasteiger partial charge in [0, 0.05) is 54.8 Å². The Labute approximate surface area is 371 Å². The number of aromatic nitrogens is 2. The Bertz CT molecular complexity index is 2580. The first-order valence-corrected chi connectivity index (χ1v) is 24.4. The molecular formula is C44H49ClF3N7O4S3. The van der Waals surface area contributed by atoms with Crippen molar-refractivity contribution in [2.45, 2.75) is 70.4 Å². The third-order valence-electron chi connectivity index (χ3n) is 11.4. The van der Waals surface area contributed by atoms with Crippen molar-refractivity contribution >= 4 is 54.7 Å². The molecule has 1 aromatic heterocycles. The smallest absolute Gasteiger partial charge is 0.361 e. The van der Waals surface area contributed by atoms with E-state index in [0.29, 0.717) is 54.8 Å². The second-order valence-corrected chi connectivity index (χ2v) is 21.1. The van der Waals surface area contributed by atoms with Crippen LogP contribution in [0, 0.1) is 0 Å². The lowest BCUT2D eigenvalue weighted by atomic mass is 9.96. The standard InChI is InChI=1S/C44H49ClF3N7O4S3/c1-52(2)22-21-42(60-35-13-5-4-6-14-35)53(3)40-17-16-36(27-41(40)61(56,57)44(46,47)48)62(58,59)51-43-38-20-25-55(29-39(38)49-30-50-43)34-18-23-54(24-19-34)28-32-10-7-8-15-37(32)31-11-9-12-33(45)26-31/h4-17,26-27,30,34,42H,18-25,28-29H2,1-3H3,(H,49,50,51)/t42-/m1/s1. The van der Waals surface area contributed by atoms with Crippen molar-refractivity contribution in [2.75, 3.05) is 56.9 Å². The van der Waals surface area contributed by atoms with Gasteiger partial charge in [-0.1, -0.05) is 66.2 Å². The Kier molecular flexibility index (Phi) is 14.2. The van der Waals surface area contributed by atoms with Crippen LogP contribution in [0.2, 0.25) is 5.02 Å². The quantitative estimate of drug-likeness (QED) is 0.0806. The first-order valence-electron chi connectivity index (χ1n) is 20.2. The molecule has 330 valence electrons. The number of nitrogens with one attached hydrogen (secondary N) is 1. The number of fused-ring (bicyclic) bond motifs is 1. The molecule has 4 aromatic carbocycles. The van der Waals surface area contributed by atoms with Gasteiger partial charge in [-0.3, -0.25) is 14.5 Å². The van der Waals surface area contributed by atoms with E-state index >= 15 is 0 Å². The lowest BCUT2D eigenvalue weighted by molar-refractivity contribution is -0.0435. The zero-order valence-electron chi connectivity index (χ0n) is 34.6. The maximum absolute atomic E-state index is 14.3. The van der Waals surface area contributed by atoms with Crippen molar-refractivity contribution in [1.82, 2.24) is 24.7 Å². The van der Waals surface area contributed by atoms with Crippen LogP contribution in [0.4, 0.5) is 24.7 Å². The van der Waals surface area contributed by atoms with Crippen molar-refractivity contribution in [3.8, 4) is 11.1 Å². The molecule has 7 rings (SSSR count). The van der Waals surface area contributed by atoms with Crippen LogP contribution in [0.1, 0.15) is 36.1 Å². The topological polar surface area (TPSA) is 119 Å². The third-order valence-corrected chi connectivity index (χ3v) is 15.8. The molecular weight excluding hydrogens is 879 g/mol. The largest absolute Gasteiger partial charge is 0.501 e. The molecule has 0 unspecified atom stereocenters. The van der Waals surface area contributed by atoms with Crippen LogP contribution in [-0.4, -0.2) is 106 Å². The number of sulfonamides is 1. The van der Waals surface area contributed by atoms with Crippen molar-refractivity contribution < 1.29 is 30.0 Å². The van der Waals surface area contributed by atoms with E-state index in [1.165, 1.54) is 35.6 Å². The van der Waals surface area contributed by atoms with Crippen molar-refractivity contribution in [3.63, 3.8) is 0 Å². The molecule has 1 atom stereocenters. The lowest BCUT2D eigenvalue weighted by Crippen LogP contribution is -2.46. The average Bonchev–Trinajstić information content (AvgIpc) is 3.25. The molecule has 0 amide bonds. The Morgan fingerprint density at radius 2 is 1.61 bits per heavy atom. The van der Waals surface area contributed by atoms with Gasteiger partial charge in [-0.15, -0.1) is 11.8 Å². The Morgan fingerprint density at radius 3 is 2.32 bits per heavy atom. The van der Waals surface area contributed by atoms with Crippen molar-refractivity contribution in [3.05, 3.63) is 125 Å². The maximum atomic E-state index is 14.3. The summed E-state index contributed by atoms with van der Waals surface area (Å²) >= 11 is 7.67. The number of hydrogen-bond donors (Lipinski definition) is 1. The number of anilines is 2. The van der Waals surface area contributed by atoms with Gasteiger partial charge in [0.05, 0.1) is 21.7 Å². The van der Waals surface area contributed by atoms with E-state index < -0.39 is 40.5 Å². The number of sulfone groups is 1. The van der Waals surface area contributed by atoms with Gasteiger partial charge in [-0.25, -0.2) is 26.8 Å². The van der Waals surface area contributed by atoms with Gasteiger partial charge in [0.25, 0.3) is 19.9 Å². The normalized spacial score (nSPS) is 16.3. The van der Waals surface area contributed by atoms with Crippen LogP contribution in [-0.2, 0) is 39.4 Å². The van der Waals surface area contributed by atoms with Crippen molar-refractivity contribution in [2.24, 2.45) is 0 Å². The molecule has 0 bridgehead atoms. The monoisotopic (exact) mass is 927 g/mol. The fraction of sp³-hybridized carbons (Fsp3) is 0.364. The minimum atomic E-state index is -6.00. The fourth-order valence-corrected chi connectivity index (χ4v) is 11.5. The Balaban J connectivity index is 1.06. The van der Waals surface area contributed by atoms with Crippen LogP contribution in [0.15, 0.2) is 118 Å². The highest BCUT2D eigenvalue weighted by atomic mass is 35.5. The predicted octanol–water partition coefficient (Wildman–Crippen LogP) is 8.42. The molecule has 2 aliphatic rings. The van der Waals surface area contributed by atoms with E-state index in [1.54, 1.807) is 0 Å². The summed E-state index contributed by atoms with van der Waals surface area (Å²) in [6, 6.07) is 28.6. The molecule has 11 nitrogen and oxygen atoms in total. The third kappa shape index (κ3) is 10.6. The molecule has 18 heteroatoms. The Morgan fingerprint density at radius 1 is 0.887 bits per heavy atom. The first kappa shape index (κ1) is 45.8. The van der Waals surface area contributed by atoms with Gasteiger partial charge in [0.15, 0.2) is 0 Å². The minimum Gasteiger partial charge on any atom is -0.361 e. The van der Waals surface area contributed by atoms with Gasteiger partial charge in [0.2, 0.25) is 0 Å². The molecule has 0 spiro atoms. The summed E-state index contributed by atoms with van der Waals surface area (Å²) < 4.78 is 99.5. The van der Waals surface area contributed by atoms with Crippen LogP contribution in [0.25, 0.3) is 11.1 Å². The van der Waals surface area contributed by atoms with Gasteiger partial charge in [-0.2, -0.15) is 13.2 Å². The summed E-state index contributed by atoms with van der Waals surface area (Å²) in [6.07, 6.45) is 4.03. The number of thioether (sulfide) groups is 1. The highest BCUT2D eigenvalue weighted by Gasteiger charge is 2.49. The molecule has 5 aromatic rings. The maximum Gasteiger partial charge on any atom is 0.501 e. The molecule has 62 heavy (non-hydrogen) atoms. The number of nitrogens with zero attached hydrogens (tertiary/aromatic N) is 6. The highest BCUT2D eigenvalue weighted by Crippen LogP contribution is 2.40. The van der Waals surface area contributed by atoms with Crippen LogP contribution < -0.4 is 9.62 Å². The summed E-state index contributed by atoms with van der Waals surface area (Å²) in [5.74, 6) is 0.00673. The van der Waals surface area contributed by atoms with Gasteiger partial charge >= 0.3 is 5.51 Å². The summed E-state index contributed by atoms with van der Waals surface area (Å²) in [7, 11) is -5.40. The predicted molar refractivity (Wildman–Crippen MR) is 239 cm³/mol. The summed E-state index contributed by atoms with van der Waals surface area (Å²) in [6.45, 7) is 4.26. The van der Waals surface area contributed by atoms with Crippen LogP contribution >= 0.6 is 23.4 Å². The van der Waals surface area contributed by atoms with E-state index in [2.05, 4.69) is 48.8 Å². The number of benzene rings is 4. The SMILES string of the molecule is CN(C)CC[C@@H](Sc1ccccc1)N(C)c1ccc(S(=O)(=O)Nc2ncnc3c2CCN(C2CCN(Cc4ccccc4-c4cccc(Cl)c4)CC2)C3)cc1S(=O)(=O)C(F)(F)F. The average molecular weight is 929 g/mol. The molecule has 1 N–H and O–H groups in total. The van der Waals surface area contributed by atoms with E-state index in [0.717, 1.165) is 60.6 Å². The van der Waals surface area contributed by atoms with Crippen molar-refractivity contribution in [1.29, 1.82) is 0 Å². The number of alkyl halides is 3. The molecule has 0 aliphatic carbocycles. The van der Waals surface area contributed by atoms with Crippen LogP contribution in [0.5, 0.6) is 0 Å². The number of hydrogen-bond acceptors (Lipinski definition) is 11. The van der Waals surface area contributed by atoms with E-state index in [9.17, 15) is 30.0 Å².